The first-order chi connectivity index (χ1) is 8.68. The third kappa shape index (κ3) is 1.71. The molecule has 0 aliphatic carbocycles. The smallest absolute Gasteiger partial charge is 0.171 e. The first kappa shape index (κ1) is 11.6. The molecule has 3 rings (SSSR count). The highest BCUT2D eigenvalue weighted by atomic mass is 79.9. The Morgan fingerprint density at radius 1 is 1.50 bits per heavy atom. The van der Waals surface area contributed by atoms with Gasteiger partial charge in [0.05, 0.1) is 0 Å². The molecule has 2 heterocycles. The van der Waals surface area contributed by atoms with Crippen LogP contribution in [0.25, 0.3) is 0 Å². The minimum Gasteiger partial charge on any atom is -0.384 e. The molecule has 1 aromatic heterocycles. The van der Waals surface area contributed by atoms with E-state index in [0.29, 0.717) is 15.9 Å². The number of alkyl halides is 1. The molecular weight excluding hydrogens is 299 g/mol. The fourth-order valence-corrected chi connectivity index (χ4v) is 2.86. The van der Waals surface area contributed by atoms with E-state index in [2.05, 4.69) is 31.6 Å². The quantitative estimate of drug-likeness (QED) is 0.927. The number of nitrogens with zero attached hydrogens (tertiary/aromatic N) is 3. The number of nitrogens with one attached hydrogen (secondary N) is 1. The number of anilines is 1. The van der Waals surface area contributed by atoms with Gasteiger partial charge in [0.25, 0.3) is 0 Å². The molecule has 0 saturated heterocycles. The number of hydrogen-bond donors (Lipinski definition) is 1. The lowest BCUT2D eigenvalue weighted by Gasteiger charge is -2.13. The van der Waals surface area contributed by atoms with Crippen LogP contribution in [0.1, 0.15) is 23.0 Å². The molecule has 1 aliphatic rings. The number of aromatic nitrogens is 3. The van der Waals surface area contributed by atoms with E-state index in [1.807, 2.05) is 12.1 Å². The second kappa shape index (κ2) is 4.35. The Hall–Kier alpha value is -1.43. The van der Waals surface area contributed by atoms with Gasteiger partial charge in [-0.15, -0.1) is 5.10 Å². The molecule has 4 nitrogen and oxygen atoms in total. The Morgan fingerprint density at radius 3 is 3.06 bits per heavy atom. The Kier molecular flexibility index (Phi) is 2.81. The van der Waals surface area contributed by atoms with Gasteiger partial charge in [-0.2, -0.15) is 0 Å². The van der Waals surface area contributed by atoms with Crippen LogP contribution in [0.3, 0.4) is 0 Å². The molecule has 1 atom stereocenters. The van der Waals surface area contributed by atoms with Crippen molar-refractivity contribution in [1.29, 1.82) is 0 Å². The molecular formula is C12H12BrFN4. The fourth-order valence-electron chi connectivity index (χ4n) is 2.33. The maximum atomic E-state index is 14.7. The third-order valence-electron chi connectivity index (χ3n) is 3.22. The average Bonchev–Trinajstić information content (AvgIpc) is 2.95. The summed E-state index contributed by atoms with van der Waals surface area (Å²) in [5, 5.41) is 10.9. The zero-order valence-corrected chi connectivity index (χ0v) is 11.4. The highest BCUT2D eigenvalue weighted by Gasteiger charge is 2.26. The van der Waals surface area contributed by atoms with Crippen molar-refractivity contribution in [2.24, 2.45) is 7.05 Å². The lowest BCUT2D eigenvalue weighted by Crippen LogP contribution is -2.06. The molecule has 1 aromatic carbocycles. The third-order valence-corrected chi connectivity index (χ3v) is 3.78. The topological polar surface area (TPSA) is 42.7 Å². The standard InChI is InChI=1S/C12H12BrFN4/c1-18-11(12(13)16-17-18)9(14)8-4-2-3-7-5-6-15-10(7)8/h2-4,9,15H,5-6H2,1H3. The number of fused-ring (bicyclic) bond motifs is 1. The second-order valence-electron chi connectivity index (χ2n) is 4.31. The maximum absolute atomic E-state index is 14.7. The van der Waals surface area contributed by atoms with E-state index in [4.69, 9.17) is 0 Å². The molecule has 6 heteroatoms. The zero-order valence-electron chi connectivity index (χ0n) is 9.82. The van der Waals surface area contributed by atoms with Crippen LogP contribution in [-0.2, 0) is 13.5 Å². The zero-order chi connectivity index (χ0) is 12.7. The normalized spacial score (nSPS) is 15.3. The minimum absolute atomic E-state index is 0.442. The van der Waals surface area contributed by atoms with Crippen molar-refractivity contribution in [2.45, 2.75) is 12.6 Å². The average molecular weight is 311 g/mol. The number of benzene rings is 1. The number of para-hydroxylation sites is 1. The van der Waals surface area contributed by atoms with Gasteiger partial charge in [-0.05, 0) is 27.9 Å². The molecule has 2 aromatic rings. The highest BCUT2D eigenvalue weighted by molar-refractivity contribution is 9.10. The van der Waals surface area contributed by atoms with E-state index in [1.54, 1.807) is 13.1 Å². The molecule has 1 N–H and O–H groups in total. The van der Waals surface area contributed by atoms with E-state index in [-0.39, 0.29) is 0 Å². The van der Waals surface area contributed by atoms with Crippen LogP contribution in [-0.4, -0.2) is 21.5 Å². The Labute approximate surface area is 112 Å². The SMILES string of the molecule is Cn1nnc(Br)c1C(F)c1cccc2c1NCC2. The van der Waals surface area contributed by atoms with E-state index in [0.717, 1.165) is 18.7 Å². The van der Waals surface area contributed by atoms with Crippen LogP contribution in [0.2, 0.25) is 0 Å². The van der Waals surface area contributed by atoms with Gasteiger partial charge in [-0.1, -0.05) is 23.4 Å². The predicted molar refractivity (Wildman–Crippen MR) is 70.3 cm³/mol. The molecule has 18 heavy (non-hydrogen) atoms. The summed E-state index contributed by atoms with van der Waals surface area (Å²) in [6, 6.07) is 5.73. The van der Waals surface area contributed by atoms with Crippen molar-refractivity contribution in [1.82, 2.24) is 15.0 Å². The van der Waals surface area contributed by atoms with Crippen molar-refractivity contribution in [2.75, 3.05) is 11.9 Å². The molecule has 0 fully saturated rings. The van der Waals surface area contributed by atoms with E-state index >= 15 is 0 Å². The van der Waals surface area contributed by atoms with Gasteiger partial charge >= 0.3 is 0 Å². The second-order valence-corrected chi connectivity index (χ2v) is 5.06. The number of hydrogen-bond acceptors (Lipinski definition) is 3. The van der Waals surface area contributed by atoms with Crippen LogP contribution in [0, 0.1) is 0 Å². The van der Waals surface area contributed by atoms with Gasteiger partial charge in [0.1, 0.15) is 5.69 Å². The lowest BCUT2D eigenvalue weighted by atomic mass is 10.0. The first-order valence-electron chi connectivity index (χ1n) is 5.73. The van der Waals surface area contributed by atoms with Crippen LogP contribution >= 0.6 is 15.9 Å². The Balaban J connectivity index is 2.08. The summed E-state index contributed by atoms with van der Waals surface area (Å²) >= 11 is 3.24. The largest absolute Gasteiger partial charge is 0.384 e. The number of rotatable bonds is 2. The first-order valence-corrected chi connectivity index (χ1v) is 6.52. The molecule has 1 unspecified atom stereocenters. The van der Waals surface area contributed by atoms with Gasteiger partial charge in [0, 0.05) is 24.8 Å². The number of halogens is 2. The molecule has 0 amide bonds. The fraction of sp³-hybridized carbons (Fsp3) is 0.333. The molecule has 94 valence electrons. The van der Waals surface area contributed by atoms with Crippen molar-refractivity contribution in [3.8, 4) is 0 Å². The molecule has 0 spiro atoms. The summed E-state index contributed by atoms with van der Waals surface area (Å²) in [5.74, 6) is 0. The minimum atomic E-state index is -1.24. The highest BCUT2D eigenvalue weighted by Crippen LogP contribution is 2.37. The van der Waals surface area contributed by atoms with E-state index < -0.39 is 6.17 Å². The van der Waals surface area contributed by atoms with Gasteiger partial charge in [-0.3, -0.25) is 0 Å². The molecule has 0 bridgehead atoms. The summed E-state index contributed by atoms with van der Waals surface area (Å²) < 4.78 is 16.6. The lowest BCUT2D eigenvalue weighted by molar-refractivity contribution is 0.379. The maximum Gasteiger partial charge on any atom is 0.171 e. The number of aryl methyl sites for hydroxylation is 1. The molecule has 1 aliphatic heterocycles. The van der Waals surface area contributed by atoms with Gasteiger partial charge in [0.2, 0.25) is 0 Å². The van der Waals surface area contributed by atoms with Crippen LogP contribution < -0.4 is 5.32 Å². The van der Waals surface area contributed by atoms with Crippen molar-refractivity contribution in [3.63, 3.8) is 0 Å². The van der Waals surface area contributed by atoms with Gasteiger partial charge in [0.15, 0.2) is 10.8 Å². The van der Waals surface area contributed by atoms with Crippen molar-refractivity contribution in [3.05, 3.63) is 39.6 Å². The van der Waals surface area contributed by atoms with Crippen LogP contribution in [0.4, 0.5) is 10.1 Å². The van der Waals surface area contributed by atoms with E-state index in [1.165, 1.54) is 10.2 Å². The summed E-state index contributed by atoms with van der Waals surface area (Å²) in [4.78, 5) is 0. The summed E-state index contributed by atoms with van der Waals surface area (Å²) in [6.45, 7) is 0.865. The molecule has 0 radical (unpaired) electrons. The summed E-state index contributed by atoms with van der Waals surface area (Å²) in [7, 11) is 1.69. The van der Waals surface area contributed by atoms with Crippen LogP contribution in [0.5, 0.6) is 0 Å². The molecule has 0 saturated carbocycles. The van der Waals surface area contributed by atoms with Crippen molar-refractivity contribution < 1.29 is 4.39 Å². The summed E-state index contributed by atoms with van der Waals surface area (Å²) in [6.07, 6.45) is -0.291. The van der Waals surface area contributed by atoms with Crippen LogP contribution in [0.15, 0.2) is 22.8 Å². The van der Waals surface area contributed by atoms with Gasteiger partial charge < -0.3 is 5.32 Å². The Bertz CT molecular complexity index is 576. The Morgan fingerprint density at radius 2 is 2.33 bits per heavy atom. The van der Waals surface area contributed by atoms with Gasteiger partial charge in [-0.25, -0.2) is 9.07 Å². The predicted octanol–water partition coefficient (Wildman–Crippen LogP) is 2.60. The van der Waals surface area contributed by atoms with Crippen molar-refractivity contribution >= 4 is 21.6 Å². The van der Waals surface area contributed by atoms with E-state index in [9.17, 15) is 4.39 Å². The monoisotopic (exact) mass is 310 g/mol. The summed E-state index contributed by atoms with van der Waals surface area (Å²) in [5.41, 5.74) is 3.17.